The van der Waals surface area contributed by atoms with Crippen LogP contribution in [0, 0.1) is 11.7 Å². The maximum atomic E-state index is 13.3. The maximum absolute atomic E-state index is 13.3. The summed E-state index contributed by atoms with van der Waals surface area (Å²) < 4.78 is 41.4. The van der Waals surface area contributed by atoms with Crippen LogP contribution in [0.2, 0.25) is 5.02 Å². The van der Waals surface area contributed by atoms with E-state index >= 15 is 0 Å². The first-order chi connectivity index (χ1) is 18.6. The van der Waals surface area contributed by atoms with Crippen LogP contribution < -0.4 is 15.4 Å². The topological polar surface area (TPSA) is 125 Å². The van der Waals surface area contributed by atoms with E-state index in [0.29, 0.717) is 17.2 Å². The van der Waals surface area contributed by atoms with Crippen molar-refractivity contribution >= 4 is 54.9 Å². The normalized spacial score (nSPS) is 16.1. The molecular weight excluding hydrogens is 565 g/mol. The van der Waals surface area contributed by atoms with Crippen LogP contribution in [-0.2, 0) is 14.8 Å². The second-order valence-electron chi connectivity index (χ2n) is 9.74. The van der Waals surface area contributed by atoms with Gasteiger partial charge in [0.25, 0.3) is 5.91 Å². The molecule has 0 aliphatic heterocycles. The van der Waals surface area contributed by atoms with Crippen LogP contribution in [0.1, 0.15) is 48.2 Å². The van der Waals surface area contributed by atoms with E-state index in [9.17, 15) is 27.5 Å². The third kappa shape index (κ3) is 7.98. The van der Waals surface area contributed by atoms with Crippen molar-refractivity contribution < 1.29 is 27.5 Å². The number of hydrogen-bond acceptors (Lipinski definition) is 6. The highest BCUT2D eigenvalue weighted by Gasteiger charge is 2.27. The van der Waals surface area contributed by atoms with Gasteiger partial charge in [-0.05, 0) is 48.1 Å². The number of nitrogens with one attached hydrogen (secondary N) is 3. The van der Waals surface area contributed by atoms with Gasteiger partial charge >= 0.3 is 0 Å². The van der Waals surface area contributed by atoms with Gasteiger partial charge in [0.2, 0.25) is 15.9 Å². The Balaban J connectivity index is 1.36. The molecule has 0 bridgehead atoms. The molecule has 3 aromatic rings. The molecule has 2 amide bonds. The zero-order valence-corrected chi connectivity index (χ0v) is 23.5. The number of hydrogen-bond donors (Lipinski definition) is 4. The van der Waals surface area contributed by atoms with Crippen LogP contribution in [0.15, 0.2) is 53.4 Å². The molecule has 1 aliphatic rings. The van der Waals surface area contributed by atoms with E-state index in [1.54, 1.807) is 6.07 Å². The highest BCUT2D eigenvalue weighted by atomic mass is 35.5. The molecule has 0 saturated heterocycles. The fourth-order valence-electron chi connectivity index (χ4n) is 4.70. The van der Waals surface area contributed by atoms with E-state index in [1.165, 1.54) is 11.3 Å². The van der Waals surface area contributed by atoms with Gasteiger partial charge in [0, 0.05) is 17.8 Å². The lowest BCUT2D eigenvalue weighted by atomic mass is 9.84. The number of aliphatic hydroxyl groups excluding tert-OH is 1. The van der Waals surface area contributed by atoms with Gasteiger partial charge in [-0.15, -0.1) is 11.3 Å². The molecule has 1 heterocycles. The first kappa shape index (κ1) is 29.4. The van der Waals surface area contributed by atoms with Gasteiger partial charge in [-0.3, -0.25) is 9.59 Å². The summed E-state index contributed by atoms with van der Waals surface area (Å²) >= 11 is 7.20. The third-order valence-corrected chi connectivity index (χ3v) is 9.79. The summed E-state index contributed by atoms with van der Waals surface area (Å²) in [6.45, 7) is -0.643. The second kappa shape index (κ2) is 13.2. The summed E-state index contributed by atoms with van der Waals surface area (Å²) in [5.41, 5.74) is 0. The number of fused-ring (bicyclic) bond motifs is 1. The predicted molar refractivity (Wildman–Crippen MR) is 150 cm³/mol. The van der Waals surface area contributed by atoms with Gasteiger partial charge < -0.3 is 15.7 Å². The molecule has 4 rings (SSSR count). The Morgan fingerprint density at radius 2 is 1.82 bits per heavy atom. The quantitative estimate of drug-likeness (QED) is 0.264. The van der Waals surface area contributed by atoms with Gasteiger partial charge in [0.05, 0.1) is 16.0 Å². The number of halogens is 2. The maximum Gasteiger partial charge on any atom is 0.262 e. The highest BCUT2D eigenvalue weighted by molar-refractivity contribution is 7.89. The molecule has 0 spiro atoms. The molecule has 1 aliphatic carbocycles. The largest absolute Gasteiger partial charge is 0.390 e. The van der Waals surface area contributed by atoms with Crippen LogP contribution in [0.3, 0.4) is 0 Å². The molecule has 1 fully saturated rings. The average Bonchev–Trinajstić information content (AvgIpc) is 3.35. The lowest BCUT2D eigenvalue weighted by Crippen LogP contribution is -2.50. The molecule has 0 radical (unpaired) electrons. The number of benzene rings is 2. The molecule has 4 N–H and O–H groups in total. The monoisotopic (exact) mass is 595 g/mol. The van der Waals surface area contributed by atoms with Gasteiger partial charge in [-0.2, -0.15) is 0 Å². The number of aliphatic hydroxyl groups is 1. The minimum absolute atomic E-state index is 0.238. The molecule has 39 heavy (non-hydrogen) atoms. The minimum atomic E-state index is -4.11. The standard InChI is InChI=1S/C27H31ClFN3O5S2/c28-21-14-19(29)10-11-25(21)39(36,37)31-16-20(33)15-30-26(34)22(12-17-6-2-1-3-7-17)32-27(35)24-13-18-8-4-5-9-23(18)38-24/h4-5,8-11,13-14,17,20,22,31,33H,1-3,6-7,12,15-16H2,(H,30,34)(H,32,35)/t20-,22+/m1/s1. The van der Waals surface area contributed by atoms with Gasteiger partial charge in [0.15, 0.2) is 0 Å². The summed E-state index contributed by atoms with van der Waals surface area (Å²) in [5.74, 6) is -1.16. The Kier molecular flexibility index (Phi) is 9.95. The third-order valence-electron chi connectivity index (χ3n) is 6.77. The molecule has 2 aromatic carbocycles. The smallest absolute Gasteiger partial charge is 0.262 e. The Hall–Kier alpha value is -2.57. The molecule has 12 heteroatoms. The molecule has 210 valence electrons. The van der Waals surface area contributed by atoms with Crippen LogP contribution in [-0.4, -0.2) is 50.6 Å². The lowest BCUT2D eigenvalue weighted by molar-refractivity contribution is -0.123. The van der Waals surface area contributed by atoms with E-state index in [1.807, 2.05) is 24.3 Å². The van der Waals surface area contributed by atoms with E-state index < -0.39 is 40.4 Å². The molecule has 0 unspecified atom stereocenters. The fourth-order valence-corrected chi connectivity index (χ4v) is 7.27. The number of thiophene rings is 1. The van der Waals surface area contributed by atoms with Crippen LogP contribution in [0.25, 0.3) is 10.1 Å². The number of rotatable bonds is 11. The van der Waals surface area contributed by atoms with E-state index in [4.69, 9.17) is 11.6 Å². The summed E-state index contributed by atoms with van der Waals surface area (Å²) in [6, 6.07) is 11.5. The first-order valence-electron chi connectivity index (χ1n) is 12.8. The molecular formula is C27H31ClFN3O5S2. The highest BCUT2D eigenvalue weighted by Crippen LogP contribution is 2.29. The van der Waals surface area contributed by atoms with Crippen molar-refractivity contribution in [2.45, 2.75) is 55.6 Å². The molecule has 1 aromatic heterocycles. The molecule has 8 nitrogen and oxygen atoms in total. The zero-order chi connectivity index (χ0) is 28.0. The average molecular weight is 596 g/mol. The van der Waals surface area contributed by atoms with E-state index in [2.05, 4.69) is 15.4 Å². The Morgan fingerprint density at radius 1 is 1.08 bits per heavy atom. The number of carbonyl (C=O) groups excluding carboxylic acids is 2. The van der Waals surface area contributed by atoms with Crippen LogP contribution in [0.4, 0.5) is 4.39 Å². The van der Waals surface area contributed by atoms with E-state index in [0.717, 1.165) is 60.4 Å². The van der Waals surface area contributed by atoms with Crippen LogP contribution >= 0.6 is 22.9 Å². The van der Waals surface area contributed by atoms with Gasteiger partial charge in [-0.25, -0.2) is 17.5 Å². The van der Waals surface area contributed by atoms with Gasteiger partial charge in [0.1, 0.15) is 16.8 Å². The van der Waals surface area contributed by atoms with E-state index in [-0.39, 0.29) is 22.4 Å². The fraction of sp³-hybridized carbons (Fsp3) is 0.407. The lowest BCUT2D eigenvalue weighted by Gasteiger charge is -2.27. The number of carbonyl (C=O) groups is 2. The van der Waals surface area contributed by atoms with Crippen molar-refractivity contribution in [1.82, 2.24) is 15.4 Å². The SMILES string of the molecule is O=C(N[C@@H](CC1CCCCC1)C(=O)NC[C@@H](O)CNS(=O)(=O)c1ccc(F)cc1Cl)c1cc2ccccc2s1. The Bertz CT molecular complexity index is 1390. The van der Waals surface area contributed by atoms with Crippen molar-refractivity contribution in [1.29, 1.82) is 0 Å². The zero-order valence-electron chi connectivity index (χ0n) is 21.2. The molecule has 2 atom stereocenters. The minimum Gasteiger partial charge on any atom is -0.390 e. The van der Waals surface area contributed by atoms with Crippen molar-refractivity contribution in [3.63, 3.8) is 0 Å². The Morgan fingerprint density at radius 3 is 2.54 bits per heavy atom. The Labute approximate surface area is 236 Å². The van der Waals surface area contributed by atoms with Gasteiger partial charge in [-0.1, -0.05) is 61.9 Å². The number of amides is 2. The van der Waals surface area contributed by atoms with Crippen LogP contribution in [0.5, 0.6) is 0 Å². The van der Waals surface area contributed by atoms with Crippen molar-refractivity contribution in [2.75, 3.05) is 13.1 Å². The second-order valence-corrected chi connectivity index (χ2v) is 13.0. The van der Waals surface area contributed by atoms with Crippen molar-refractivity contribution in [3.05, 3.63) is 64.2 Å². The molecule has 1 saturated carbocycles. The summed E-state index contributed by atoms with van der Waals surface area (Å²) in [4.78, 5) is 26.4. The van der Waals surface area contributed by atoms with Crippen molar-refractivity contribution in [2.24, 2.45) is 5.92 Å². The summed E-state index contributed by atoms with van der Waals surface area (Å²) in [5, 5.41) is 16.5. The number of sulfonamides is 1. The first-order valence-corrected chi connectivity index (χ1v) is 15.5. The summed E-state index contributed by atoms with van der Waals surface area (Å²) in [6.07, 6.45) is 4.52. The van der Waals surface area contributed by atoms with Crippen molar-refractivity contribution in [3.8, 4) is 0 Å². The summed E-state index contributed by atoms with van der Waals surface area (Å²) in [7, 11) is -4.11. The predicted octanol–water partition coefficient (Wildman–Crippen LogP) is 4.22.